The van der Waals surface area contributed by atoms with E-state index in [9.17, 15) is 26.3 Å². The second-order valence-electron chi connectivity index (χ2n) is 1.22. The Morgan fingerprint density at radius 3 is 1.00 bits per heavy atom. The molecule has 0 radical (unpaired) electrons. The molecule has 0 N–H and O–H groups in total. The molecule has 0 aromatic rings. The second kappa shape index (κ2) is 3.08. The Bertz CT molecular complexity index is 99.9. The van der Waals surface area contributed by atoms with Crippen LogP contribution < -0.4 is 0 Å². The van der Waals surface area contributed by atoms with Crippen molar-refractivity contribution in [3.8, 4) is 0 Å². The van der Waals surface area contributed by atoms with Crippen LogP contribution in [0.3, 0.4) is 0 Å². The summed E-state index contributed by atoms with van der Waals surface area (Å²) in [6.45, 7) is 0. The fourth-order valence-electron chi connectivity index (χ4n) is 0.144. The topological polar surface area (TPSA) is 0 Å². The first kappa shape index (κ1) is 10.9. The van der Waals surface area contributed by atoms with E-state index in [2.05, 4.69) is 0 Å². The molecule has 0 aliphatic heterocycles. The molecule has 8 heteroatoms. The Hall–Kier alpha value is 0.868. The number of hydrogen-bond donors (Lipinski definition) is 0. The third kappa shape index (κ3) is 3.32. The zero-order chi connectivity index (χ0) is 8.58. The maximum atomic E-state index is 11.3. The van der Waals surface area contributed by atoms with E-state index in [4.69, 9.17) is 0 Å². The molecule has 0 aliphatic carbocycles. The van der Waals surface area contributed by atoms with Crippen LogP contribution in [-0.2, 0) is 0 Å². The minimum atomic E-state index is -5.05. The zero-order valence-electron chi connectivity index (χ0n) is 4.09. The minimum absolute atomic E-state index is 0.451. The number of hydrogen-bond acceptors (Lipinski definition) is 0. The van der Waals surface area contributed by atoms with Gasteiger partial charge in [0.25, 0.3) is 0 Å². The van der Waals surface area contributed by atoms with Crippen molar-refractivity contribution in [2.24, 2.45) is 0 Å². The number of halogens is 7. The van der Waals surface area contributed by atoms with E-state index in [0.29, 0.717) is 20.1 Å². The van der Waals surface area contributed by atoms with E-state index in [1.807, 2.05) is 0 Å². The van der Waals surface area contributed by atoms with Crippen molar-refractivity contribution in [3.63, 3.8) is 0 Å². The molecule has 0 aliphatic rings. The van der Waals surface area contributed by atoms with Crippen molar-refractivity contribution in [1.82, 2.24) is 0 Å². The molecule has 0 rings (SSSR count). The third-order valence-corrected chi connectivity index (χ3v) is 8.00. The van der Waals surface area contributed by atoms with Crippen LogP contribution in [0.2, 0.25) is 0 Å². The number of rotatable bonds is 0. The van der Waals surface area contributed by atoms with Crippen molar-refractivity contribution >= 4 is 31.4 Å². The van der Waals surface area contributed by atoms with Crippen molar-refractivity contribution in [2.75, 3.05) is 0 Å². The van der Waals surface area contributed by atoms with Gasteiger partial charge in [0.05, 0.1) is 0 Å². The molecule has 62 valence electrons. The van der Waals surface area contributed by atoms with Crippen molar-refractivity contribution in [1.29, 1.82) is 0 Å². The molecule has 0 heterocycles. The molecule has 0 bridgehead atoms. The van der Waals surface area contributed by atoms with Crippen LogP contribution in [-0.4, -0.2) is 21.2 Å². The molecule has 0 unspecified atom stereocenters. The molecule has 0 amide bonds. The van der Waals surface area contributed by atoms with Crippen molar-refractivity contribution in [3.05, 3.63) is 0 Å². The summed E-state index contributed by atoms with van der Waals surface area (Å²) >= 11 is -4.22. The maximum absolute atomic E-state index is 11.3. The van der Waals surface area contributed by atoms with Gasteiger partial charge in [-0.2, -0.15) is 0 Å². The van der Waals surface area contributed by atoms with E-state index in [0.717, 1.165) is 0 Å². The molecular weight excluding hydrogens is 340 g/mol. The third-order valence-electron chi connectivity index (χ3n) is 0.445. The molecule has 0 aromatic heterocycles. The van der Waals surface area contributed by atoms with Gasteiger partial charge in [0.1, 0.15) is 0 Å². The van der Waals surface area contributed by atoms with Crippen LogP contribution in [0.1, 0.15) is 0 Å². The van der Waals surface area contributed by atoms with Gasteiger partial charge in [0.2, 0.25) is 0 Å². The predicted octanol–water partition coefficient (Wildman–Crippen LogP) is 2.62. The predicted molar refractivity (Wildman–Crippen MR) is 31.9 cm³/mol. The van der Waals surface area contributed by atoms with Crippen molar-refractivity contribution < 1.29 is 26.3 Å². The standard InChI is InChI=1S/C2AsF6I/c4-1(5,6)3(10)2(7,8)9. The van der Waals surface area contributed by atoms with Gasteiger partial charge in [-0.3, -0.25) is 0 Å². The van der Waals surface area contributed by atoms with Crippen molar-refractivity contribution in [2.45, 2.75) is 9.93 Å². The van der Waals surface area contributed by atoms with Gasteiger partial charge in [0.15, 0.2) is 0 Å². The Morgan fingerprint density at radius 2 is 1.00 bits per heavy atom. The molecule has 0 atom stereocenters. The Balaban J connectivity index is 4.23. The first-order chi connectivity index (χ1) is 4.15. The molecular formula is C2AsF6I. The Morgan fingerprint density at radius 1 is 0.800 bits per heavy atom. The summed E-state index contributed by atoms with van der Waals surface area (Å²) < 4.78 is 67.7. The summed E-state index contributed by atoms with van der Waals surface area (Å²) in [6, 6.07) is 0. The number of alkyl halides is 6. The summed E-state index contributed by atoms with van der Waals surface area (Å²) in [5.41, 5.74) is 0. The van der Waals surface area contributed by atoms with E-state index < -0.39 is 21.2 Å². The quantitative estimate of drug-likeness (QED) is 0.361. The normalized spacial score (nSPS) is 14.4. The summed E-state index contributed by atoms with van der Waals surface area (Å²) in [5, 5.41) is 0. The van der Waals surface area contributed by atoms with Crippen LogP contribution >= 0.6 is 20.1 Å². The van der Waals surface area contributed by atoms with Crippen LogP contribution in [0.25, 0.3) is 0 Å². The average molecular weight is 340 g/mol. The van der Waals surface area contributed by atoms with E-state index in [-0.39, 0.29) is 0 Å². The molecule has 0 fully saturated rings. The Kier molecular flexibility index (Phi) is 3.35. The molecule has 0 saturated heterocycles. The van der Waals surface area contributed by atoms with E-state index in [1.54, 1.807) is 0 Å². The van der Waals surface area contributed by atoms with Gasteiger partial charge in [0, 0.05) is 0 Å². The molecule has 0 saturated carbocycles. The van der Waals surface area contributed by atoms with E-state index in [1.165, 1.54) is 0 Å². The fraction of sp³-hybridized carbons (Fsp3) is 1.00. The van der Waals surface area contributed by atoms with Gasteiger partial charge in [-0.25, -0.2) is 0 Å². The SMILES string of the molecule is FC(F)(F)[As](I)C(F)(F)F. The Labute approximate surface area is 67.8 Å². The van der Waals surface area contributed by atoms with Gasteiger partial charge in [-0.15, -0.1) is 0 Å². The summed E-state index contributed by atoms with van der Waals surface area (Å²) in [5.74, 6) is 0. The monoisotopic (exact) mass is 340 g/mol. The summed E-state index contributed by atoms with van der Waals surface area (Å²) in [7, 11) is 0. The molecule has 10 heavy (non-hydrogen) atoms. The fourth-order valence-corrected chi connectivity index (χ4v) is 0.747. The van der Waals surface area contributed by atoms with Gasteiger partial charge in [-0.1, -0.05) is 0 Å². The summed E-state index contributed by atoms with van der Waals surface area (Å²) in [4.78, 5) is -10.1. The summed E-state index contributed by atoms with van der Waals surface area (Å²) in [6.07, 6.45) is 0. The van der Waals surface area contributed by atoms with Gasteiger partial charge >= 0.3 is 67.7 Å². The van der Waals surface area contributed by atoms with Gasteiger partial charge < -0.3 is 0 Å². The van der Waals surface area contributed by atoms with E-state index >= 15 is 0 Å². The second-order valence-corrected chi connectivity index (χ2v) is 9.54. The average Bonchev–Trinajstić information content (AvgIpc) is 1.59. The first-order valence-corrected chi connectivity index (χ1v) is 9.35. The van der Waals surface area contributed by atoms with Crippen LogP contribution in [0, 0.1) is 0 Å². The van der Waals surface area contributed by atoms with Gasteiger partial charge in [-0.05, 0) is 0 Å². The van der Waals surface area contributed by atoms with Crippen LogP contribution in [0.15, 0.2) is 0 Å². The molecule has 0 spiro atoms. The van der Waals surface area contributed by atoms with Crippen LogP contribution in [0.4, 0.5) is 26.3 Å². The first-order valence-electron chi connectivity index (χ1n) is 1.75. The van der Waals surface area contributed by atoms with Crippen LogP contribution in [0.5, 0.6) is 0 Å². The zero-order valence-corrected chi connectivity index (χ0v) is 8.13. The molecule has 0 nitrogen and oxygen atoms in total. The molecule has 0 aromatic carbocycles.